The van der Waals surface area contributed by atoms with Crippen molar-refractivity contribution >= 4 is 27.4 Å². The van der Waals surface area contributed by atoms with Crippen LogP contribution in [0.3, 0.4) is 0 Å². The Balaban J connectivity index is 2.29. The zero-order valence-electron chi connectivity index (χ0n) is 11.1. The predicted molar refractivity (Wildman–Crippen MR) is 82.2 cm³/mol. The largest absolute Gasteiger partial charge is 0.383 e. The van der Waals surface area contributed by atoms with Gasteiger partial charge in [0.15, 0.2) is 0 Å². The van der Waals surface area contributed by atoms with Crippen molar-refractivity contribution in [2.45, 2.75) is 13.8 Å². The molecular formula is C15H13BrFN3. The van der Waals surface area contributed by atoms with Gasteiger partial charge in [-0.25, -0.2) is 9.37 Å². The molecule has 2 N–H and O–H groups in total. The van der Waals surface area contributed by atoms with E-state index >= 15 is 0 Å². The molecule has 0 aliphatic heterocycles. The van der Waals surface area contributed by atoms with E-state index in [4.69, 9.17) is 5.73 Å². The lowest BCUT2D eigenvalue weighted by molar-refractivity contribution is 0.619. The normalized spacial score (nSPS) is 11.2. The van der Waals surface area contributed by atoms with Crippen LogP contribution in [0.15, 0.2) is 34.8 Å². The molecule has 3 nitrogen and oxygen atoms in total. The monoisotopic (exact) mass is 333 g/mol. The van der Waals surface area contributed by atoms with Gasteiger partial charge in [0.2, 0.25) is 0 Å². The minimum absolute atomic E-state index is 0.253. The van der Waals surface area contributed by atoms with E-state index in [2.05, 4.69) is 20.9 Å². The molecule has 0 amide bonds. The summed E-state index contributed by atoms with van der Waals surface area (Å²) in [6.45, 7) is 3.68. The number of imidazole rings is 1. The number of benzene rings is 1. The number of nitrogen functional groups attached to an aromatic ring is 1. The van der Waals surface area contributed by atoms with E-state index in [1.165, 1.54) is 6.07 Å². The van der Waals surface area contributed by atoms with Crippen LogP contribution < -0.4 is 5.73 Å². The molecule has 3 aromatic rings. The first-order valence-electron chi connectivity index (χ1n) is 6.18. The van der Waals surface area contributed by atoms with Crippen LogP contribution >= 0.6 is 15.9 Å². The summed E-state index contributed by atoms with van der Waals surface area (Å²) >= 11 is 3.47. The molecule has 0 spiro atoms. The summed E-state index contributed by atoms with van der Waals surface area (Å²) in [7, 11) is 0. The third-order valence-corrected chi connectivity index (χ3v) is 4.28. The maximum absolute atomic E-state index is 13.7. The highest BCUT2D eigenvalue weighted by Gasteiger charge is 2.14. The molecule has 0 unspecified atom stereocenters. The number of halogens is 2. The quantitative estimate of drug-likeness (QED) is 0.728. The molecule has 0 radical (unpaired) electrons. The Labute approximate surface area is 124 Å². The number of fused-ring (bicyclic) bond motifs is 1. The summed E-state index contributed by atoms with van der Waals surface area (Å²) in [6, 6.07) is 8.84. The Kier molecular flexibility index (Phi) is 3.01. The highest BCUT2D eigenvalue weighted by molar-refractivity contribution is 9.10. The molecule has 0 saturated carbocycles. The van der Waals surface area contributed by atoms with Gasteiger partial charge in [-0.1, -0.05) is 12.1 Å². The number of aromatic nitrogens is 2. The average molecular weight is 334 g/mol. The van der Waals surface area contributed by atoms with Crippen LogP contribution in [0.5, 0.6) is 0 Å². The SMILES string of the molecule is Cc1ccc(-c2nc3ccc(Br)c(C)n3c2N)cc1F. The molecule has 3 rings (SSSR count). The first kappa shape index (κ1) is 13.1. The number of anilines is 1. The number of rotatable bonds is 1. The number of aryl methyl sites for hydroxylation is 2. The molecule has 2 heterocycles. The number of hydrogen-bond donors (Lipinski definition) is 1. The molecule has 0 bridgehead atoms. The Morgan fingerprint density at radius 1 is 1.20 bits per heavy atom. The maximum Gasteiger partial charge on any atom is 0.139 e. The highest BCUT2D eigenvalue weighted by Crippen LogP contribution is 2.30. The fraction of sp³-hybridized carbons (Fsp3) is 0.133. The Morgan fingerprint density at radius 3 is 2.65 bits per heavy atom. The third kappa shape index (κ3) is 1.89. The van der Waals surface area contributed by atoms with E-state index in [1.54, 1.807) is 13.0 Å². The van der Waals surface area contributed by atoms with Gasteiger partial charge in [0.25, 0.3) is 0 Å². The van der Waals surface area contributed by atoms with E-state index in [0.29, 0.717) is 22.6 Å². The van der Waals surface area contributed by atoms with Gasteiger partial charge in [0.05, 0.1) is 0 Å². The van der Waals surface area contributed by atoms with Gasteiger partial charge in [0.1, 0.15) is 23.0 Å². The molecule has 2 aromatic heterocycles. The zero-order chi connectivity index (χ0) is 14.4. The van der Waals surface area contributed by atoms with Crippen molar-refractivity contribution in [3.8, 4) is 11.3 Å². The van der Waals surface area contributed by atoms with Crippen molar-refractivity contribution in [3.63, 3.8) is 0 Å². The van der Waals surface area contributed by atoms with E-state index in [9.17, 15) is 4.39 Å². The van der Waals surface area contributed by atoms with Crippen LogP contribution in [-0.2, 0) is 0 Å². The Bertz CT molecular complexity index is 824. The topological polar surface area (TPSA) is 43.3 Å². The molecule has 0 aliphatic rings. The van der Waals surface area contributed by atoms with Crippen molar-refractivity contribution in [2.24, 2.45) is 0 Å². The smallest absolute Gasteiger partial charge is 0.139 e. The fourth-order valence-corrected chi connectivity index (χ4v) is 2.55. The molecule has 20 heavy (non-hydrogen) atoms. The second kappa shape index (κ2) is 4.59. The van der Waals surface area contributed by atoms with Gasteiger partial charge in [-0.05, 0) is 53.5 Å². The summed E-state index contributed by atoms with van der Waals surface area (Å²) in [5, 5.41) is 0. The van der Waals surface area contributed by atoms with Crippen molar-refractivity contribution in [2.75, 3.05) is 5.73 Å². The van der Waals surface area contributed by atoms with Crippen LogP contribution in [0, 0.1) is 19.7 Å². The second-order valence-electron chi connectivity index (χ2n) is 4.77. The van der Waals surface area contributed by atoms with Gasteiger partial charge in [-0.2, -0.15) is 0 Å². The Morgan fingerprint density at radius 2 is 1.95 bits per heavy atom. The van der Waals surface area contributed by atoms with Crippen LogP contribution in [0.1, 0.15) is 11.3 Å². The summed E-state index contributed by atoms with van der Waals surface area (Å²) in [5.41, 5.74) is 9.79. The summed E-state index contributed by atoms with van der Waals surface area (Å²) in [6.07, 6.45) is 0. The van der Waals surface area contributed by atoms with Crippen molar-refractivity contribution in [1.82, 2.24) is 9.38 Å². The average Bonchev–Trinajstić information content (AvgIpc) is 2.75. The van der Waals surface area contributed by atoms with Crippen LogP contribution in [0.2, 0.25) is 0 Å². The Hall–Kier alpha value is -1.88. The van der Waals surface area contributed by atoms with Crippen LogP contribution in [-0.4, -0.2) is 9.38 Å². The van der Waals surface area contributed by atoms with Crippen LogP contribution in [0.4, 0.5) is 10.2 Å². The highest BCUT2D eigenvalue weighted by atomic mass is 79.9. The second-order valence-corrected chi connectivity index (χ2v) is 5.62. The number of nitrogens with zero attached hydrogens (tertiary/aromatic N) is 2. The molecule has 5 heteroatoms. The molecule has 0 atom stereocenters. The number of pyridine rings is 1. The third-order valence-electron chi connectivity index (χ3n) is 3.44. The summed E-state index contributed by atoms with van der Waals surface area (Å²) in [4.78, 5) is 4.51. The van der Waals surface area contributed by atoms with Crippen molar-refractivity contribution in [3.05, 3.63) is 51.9 Å². The van der Waals surface area contributed by atoms with Crippen molar-refractivity contribution < 1.29 is 4.39 Å². The minimum Gasteiger partial charge on any atom is -0.383 e. The lowest BCUT2D eigenvalue weighted by Crippen LogP contribution is -1.98. The van der Waals surface area contributed by atoms with Gasteiger partial charge >= 0.3 is 0 Å². The van der Waals surface area contributed by atoms with Crippen molar-refractivity contribution in [1.29, 1.82) is 0 Å². The molecule has 1 aromatic carbocycles. The molecule has 0 saturated heterocycles. The molecule has 0 aliphatic carbocycles. The van der Waals surface area contributed by atoms with E-state index in [1.807, 2.05) is 29.5 Å². The van der Waals surface area contributed by atoms with Gasteiger partial charge < -0.3 is 5.73 Å². The minimum atomic E-state index is -0.253. The van der Waals surface area contributed by atoms with E-state index in [-0.39, 0.29) is 5.82 Å². The molecule has 102 valence electrons. The van der Waals surface area contributed by atoms with E-state index in [0.717, 1.165) is 15.8 Å². The van der Waals surface area contributed by atoms with Gasteiger partial charge in [0, 0.05) is 15.7 Å². The maximum atomic E-state index is 13.7. The summed E-state index contributed by atoms with van der Waals surface area (Å²) < 4.78 is 16.5. The van der Waals surface area contributed by atoms with Gasteiger partial charge in [-0.3, -0.25) is 4.40 Å². The standard InChI is InChI=1S/C15H13BrFN3/c1-8-3-4-10(7-12(8)17)14-15(18)20-9(2)11(16)5-6-13(20)19-14/h3-7H,18H2,1-2H3. The lowest BCUT2D eigenvalue weighted by Gasteiger charge is -2.05. The molecular weight excluding hydrogens is 321 g/mol. The number of hydrogen-bond acceptors (Lipinski definition) is 2. The lowest BCUT2D eigenvalue weighted by atomic mass is 10.1. The van der Waals surface area contributed by atoms with Crippen LogP contribution in [0.25, 0.3) is 16.9 Å². The first-order chi connectivity index (χ1) is 9.49. The van der Waals surface area contributed by atoms with Gasteiger partial charge in [-0.15, -0.1) is 0 Å². The number of nitrogens with two attached hydrogens (primary N) is 1. The zero-order valence-corrected chi connectivity index (χ0v) is 12.7. The summed E-state index contributed by atoms with van der Waals surface area (Å²) in [5.74, 6) is 0.263. The fourth-order valence-electron chi connectivity index (χ4n) is 2.24. The first-order valence-corrected chi connectivity index (χ1v) is 6.98. The van der Waals surface area contributed by atoms with E-state index < -0.39 is 0 Å². The molecule has 0 fully saturated rings. The predicted octanol–water partition coefficient (Wildman–Crippen LogP) is 4.10.